The summed E-state index contributed by atoms with van der Waals surface area (Å²) < 4.78 is 0. The van der Waals surface area contributed by atoms with E-state index in [0.29, 0.717) is 6.54 Å². The highest BCUT2D eigenvalue weighted by Gasteiger charge is 2.16. The van der Waals surface area contributed by atoms with E-state index < -0.39 is 0 Å². The van der Waals surface area contributed by atoms with E-state index in [4.69, 9.17) is 0 Å². The van der Waals surface area contributed by atoms with E-state index in [0.717, 1.165) is 32.7 Å². The van der Waals surface area contributed by atoms with Gasteiger partial charge in [-0.05, 0) is 45.9 Å². The van der Waals surface area contributed by atoms with E-state index in [1.165, 1.54) is 148 Å². The van der Waals surface area contributed by atoms with Crippen molar-refractivity contribution in [3.63, 3.8) is 0 Å². The summed E-state index contributed by atoms with van der Waals surface area (Å²) in [5.41, 5.74) is 0. The van der Waals surface area contributed by atoms with Crippen molar-refractivity contribution >= 4 is 5.91 Å². The molecule has 0 fully saturated rings. The second-order valence-electron chi connectivity index (χ2n) is 12.4. The van der Waals surface area contributed by atoms with Gasteiger partial charge in [-0.1, -0.05) is 136 Å². The van der Waals surface area contributed by atoms with Gasteiger partial charge in [-0.25, -0.2) is 0 Å². The minimum absolute atomic E-state index is 0.268. The van der Waals surface area contributed by atoms with Crippen LogP contribution in [0.15, 0.2) is 0 Å². The Hall–Kier alpha value is -0.650. The fourth-order valence-electron chi connectivity index (χ4n) is 5.48. The monoisotopic (exact) mass is 567 g/mol. The Balaban J connectivity index is 4.80. The van der Waals surface area contributed by atoms with Crippen LogP contribution in [0.25, 0.3) is 0 Å². The van der Waals surface area contributed by atoms with Gasteiger partial charge in [-0.15, -0.1) is 0 Å². The van der Waals surface area contributed by atoms with Crippen LogP contribution in [0.4, 0.5) is 0 Å². The summed E-state index contributed by atoms with van der Waals surface area (Å²) in [6.07, 6.45) is 28.5. The van der Waals surface area contributed by atoms with Crippen LogP contribution in [-0.4, -0.2) is 87.1 Å². The molecule has 0 rings (SSSR count). The molecule has 0 unspecified atom stereocenters. The molecule has 1 N–H and O–H groups in total. The summed E-state index contributed by atoms with van der Waals surface area (Å²) in [5, 5.41) is 3.17. The van der Waals surface area contributed by atoms with E-state index in [1.807, 2.05) is 19.0 Å². The molecule has 0 saturated heterocycles. The van der Waals surface area contributed by atoms with Gasteiger partial charge >= 0.3 is 0 Å². The number of hydrogen-bond donors (Lipinski definition) is 1. The van der Waals surface area contributed by atoms with Crippen LogP contribution in [0.1, 0.15) is 156 Å². The van der Waals surface area contributed by atoms with E-state index in [1.54, 1.807) is 0 Å². The van der Waals surface area contributed by atoms with Gasteiger partial charge in [-0.3, -0.25) is 9.69 Å². The molecule has 0 heterocycles. The molecule has 0 atom stereocenters. The van der Waals surface area contributed by atoms with Crippen molar-refractivity contribution in [1.82, 2.24) is 20.0 Å². The molecule has 0 aliphatic heterocycles. The minimum atomic E-state index is 0.268. The molecular weight excluding hydrogens is 492 g/mol. The number of likely N-dealkylation sites (N-methyl/N-ethyl adjacent to an activating group) is 2. The van der Waals surface area contributed by atoms with Gasteiger partial charge in [0, 0.05) is 33.2 Å². The number of unbranched alkanes of at least 4 members (excludes halogenated alkanes) is 18. The Bertz CT molecular complexity index is 498. The van der Waals surface area contributed by atoms with Gasteiger partial charge in [0.1, 0.15) is 0 Å². The van der Waals surface area contributed by atoms with Gasteiger partial charge < -0.3 is 15.1 Å². The maximum absolute atomic E-state index is 13.0. The zero-order chi connectivity index (χ0) is 29.5. The van der Waals surface area contributed by atoms with Crippen molar-refractivity contribution in [3.8, 4) is 0 Å². The number of hydrogen-bond acceptors (Lipinski definition) is 4. The smallest absolute Gasteiger partial charge is 0.236 e. The Morgan fingerprint density at radius 2 is 0.825 bits per heavy atom. The van der Waals surface area contributed by atoms with Crippen molar-refractivity contribution in [2.75, 3.05) is 66.5 Å². The molecule has 0 aliphatic carbocycles. The van der Waals surface area contributed by atoms with Crippen LogP contribution >= 0.6 is 0 Å². The lowest BCUT2D eigenvalue weighted by atomic mass is 10.1. The predicted octanol–water partition coefficient (Wildman–Crippen LogP) is 8.52. The first kappa shape index (κ1) is 39.4. The standard InChI is InChI=1S/C35H74N4O/c1-6-9-12-15-18-21-24-28-38(29-25-22-19-16-13-10-7-2)32-33-39(30-26-23-20-17-14-11-8-3)34-35(40)37(5)31-27-36-4/h36H,6-34H2,1-5H3. The zero-order valence-corrected chi connectivity index (χ0v) is 28.3. The summed E-state index contributed by atoms with van der Waals surface area (Å²) in [5.74, 6) is 0.268. The third-order valence-electron chi connectivity index (χ3n) is 8.45. The van der Waals surface area contributed by atoms with Crippen LogP contribution < -0.4 is 5.32 Å². The third kappa shape index (κ3) is 26.3. The van der Waals surface area contributed by atoms with E-state index in [-0.39, 0.29) is 5.91 Å². The molecule has 0 saturated carbocycles. The van der Waals surface area contributed by atoms with Crippen LogP contribution in [0.5, 0.6) is 0 Å². The zero-order valence-electron chi connectivity index (χ0n) is 28.3. The quantitative estimate of drug-likeness (QED) is 0.0828. The lowest BCUT2D eigenvalue weighted by Crippen LogP contribution is -2.44. The van der Waals surface area contributed by atoms with Crippen molar-refractivity contribution in [3.05, 3.63) is 0 Å². The largest absolute Gasteiger partial charge is 0.343 e. The van der Waals surface area contributed by atoms with Crippen molar-refractivity contribution in [2.45, 2.75) is 156 Å². The molecule has 5 nitrogen and oxygen atoms in total. The molecule has 0 aromatic carbocycles. The second-order valence-corrected chi connectivity index (χ2v) is 12.4. The summed E-state index contributed by atoms with van der Waals surface area (Å²) in [7, 11) is 3.91. The van der Waals surface area contributed by atoms with Crippen LogP contribution in [-0.2, 0) is 4.79 Å². The first-order valence-electron chi connectivity index (χ1n) is 17.9. The van der Waals surface area contributed by atoms with Crippen molar-refractivity contribution in [2.24, 2.45) is 0 Å². The SMILES string of the molecule is CCCCCCCCCN(CCCCCCCCC)CCN(CCCCCCCCC)CC(=O)N(C)CCNC. The van der Waals surface area contributed by atoms with Gasteiger partial charge in [0.15, 0.2) is 0 Å². The number of nitrogens with one attached hydrogen (secondary N) is 1. The number of rotatable bonds is 32. The molecular formula is C35H74N4O. The first-order valence-corrected chi connectivity index (χ1v) is 17.9. The number of carbonyl (C=O) groups excluding carboxylic acids is 1. The molecule has 0 aliphatic rings. The average Bonchev–Trinajstić information content (AvgIpc) is 2.96. The molecule has 0 bridgehead atoms. The van der Waals surface area contributed by atoms with Gasteiger partial charge in [-0.2, -0.15) is 0 Å². The Labute approximate surface area is 252 Å². The molecule has 1 amide bonds. The van der Waals surface area contributed by atoms with Crippen LogP contribution in [0.2, 0.25) is 0 Å². The minimum Gasteiger partial charge on any atom is -0.343 e. The first-order chi connectivity index (χ1) is 19.6. The fourth-order valence-corrected chi connectivity index (χ4v) is 5.48. The topological polar surface area (TPSA) is 38.8 Å². The van der Waals surface area contributed by atoms with E-state index >= 15 is 0 Å². The molecule has 0 radical (unpaired) electrons. The summed E-state index contributed by atoms with van der Waals surface area (Å²) in [6.45, 7) is 14.7. The summed E-state index contributed by atoms with van der Waals surface area (Å²) in [4.78, 5) is 20.1. The van der Waals surface area contributed by atoms with Gasteiger partial charge in [0.2, 0.25) is 5.91 Å². The lowest BCUT2D eigenvalue weighted by Gasteiger charge is -2.29. The highest BCUT2D eigenvalue weighted by molar-refractivity contribution is 5.78. The van der Waals surface area contributed by atoms with Gasteiger partial charge in [0.25, 0.3) is 0 Å². The molecule has 5 heteroatoms. The maximum Gasteiger partial charge on any atom is 0.236 e. The molecule has 0 spiro atoms. The van der Waals surface area contributed by atoms with Crippen molar-refractivity contribution in [1.29, 1.82) is 0 Å². The predicted molar refractivity (Wildman–Crippen MR) is 178 cm³/mol. The van der Waals surface area contributed by atoms with E-state index in [2.05, 4.69) is 35.9 Å². The normalized spacial score (nSPS) is 11.7. The van der Waals surface area contributed by atoms with Gasteiger partial charge in [0.05, 0.1) is 6.54 Å². The molecule has 0 aromatic rings. The van der Waals surface area contributed by atoms with Crippen LogP contribution in [0, 0.1) is 0 Å². The fraction of sp³-hybridized carbons (Fsp3) is 0.971. The maximum atomic E-state index is 13.0. The van der Waals surface area contributed by atoms with Crippen molar-refractivity contribution < 1.29 is 4.79 Å². The highest BCUT2D eigenvalue weighted by atomic mass is 16.2. The third-order valence-corrected chi connectivity index (χ3v) is 8.45. The lowest BCUT2D eigenvalue weighted by molar-refractivity contribution is -0.131. The highest BCUT2D eigenvalue weighted by Crippen LogP contribution is 2.12. The molecule has 240 valence electrons. The Morgan fingerprint density at radius 3 is 1.23 bits per heavy atom. The number of nitrogens with zero attached hydrogens (tertiary/aromatic N) is 3. The second kappa shape index (κ2) is 31.3. The number of carbonyl (C=O) groups is 1. The number of amides is 1. The summed E-state index contributed by atoms with van der Waals surface area (Å²) in [6, 6.07) is 0. The van der Waals surface area contributed by atoms with E-state index in [9.17, 15) is 4.79 Å². The molecule has 40 heavy (non-hydrogen) atoms. The van der Waals surface area contributed by atoms with Crippen LogP contribution in [0.3, 0.4) is 0 Å². The molecule has 0 aromatic heterocycles. The average molecular weight is 567 g/mol. The summed E-state index contributed by atoms with van der Waals surface area (Å²) >= 11 is 0. The Morgan fingerprint density at radius 1 is 0.475 bits per heavy atom. The Kier molecular flexibility index (Phi) is 30.8.